The molecule has 0 unspecified atom stereocenters. The van der Waals surface area contributed by atoms with Crippen LogP contribution < -0.4 is 10.1 Å². The van der Waals surface area contributed by atoms with E-state index < -0.39 is 29.6 Å². The van der Waals surface area contributed by atoms with Crippen molar-refractivity contribution < 1.29 is 24.5 Å². The summed E-state index contributed by atoms with van der Waals surface area (Å²) in [5.41, 5.74) is 0.721. The molecule has 1 aliphatic heterocycles. The average molecular weight is 480 g/mol. The van der Waals surface area contributed by atoms with Gasteiger partial charge in [0.05, 0.1) is 24.9 Å². The van der Waals surface area contributed by atoms with Crippen LogP contribution in [0.2, 0.25) is 0 Å². The van der Waals surface area contributed by atoms with E-state index >= 15 is 0 Å². The van der Waals surface area contributed by atoms with Crippen molar-refractivity contribution in [1.29, 1.82) is 0 Å². The van der Waals surface area contributed by atoms with Crippen LogP contribution in [0.1, 0.15) is 43.6 Å². The van der Waals surface area contributed by atoms with Crippen molar-refractivity contribution in [3.63, 3.8) is 0 Å². The molecule has 3 N–H and O–H groups in total. The van der Waals surface area contributed by atoms with E-state index in [2.05, 4.69) is 15.4 Å². The molecular weight excluding hydrogens is 450 g/mol. The van der Waals surface area contributed by atoms with E-state index in [9.17, 15) is 19.8 Å². The number of carbonyl (C=O) groups is 2. The lowest BCUT2D eigenvalue weighted by molar-refractivity contribution is -0.166. The minimum absolute atomic E-state index is 0.211. The van der Waals surface area contributed by atoms with Gasteiger partial charge in [-0.05, 0) is 56.2 Å². The summed E-state index contributed by atoms with van der Waals surface area (Å²) in [6.45, 7) is 5.65. The number of nitrogens with zero attached hydrogens (tertiary/aromatic N) is 4. The van der Waals surface area contributed by atoms with Gasteiger partial charge in [0.2, 0.25) is 0 Å². The van der Waals surface area contributed by atoms with Gasteiger partial charge in [-0.1, -0.05) is 12.1 Å². The first-order valence-electron chi connectivity index (χ1n) is 11.4. The fourth-order valence-electron chi connectivity index (χ4n) is 3.99. The number of hydrogen-bond donors (Lipinski definition) is 3. The first-order chi connectivity index (χ1) is 16.7. The summed E-state index contributed by atoms with van der Waals surface area (Å²) in [5, 5.41) is 28.4. The summed E-state index contributed by atoms with van der Waals surface area (Å²) in [7, 11) is 0. The number of amides is 2. The summed E-state index contributed by atoms with van der Waals surface area (Å²) >= 11 is 0. The summed E-state index contributed by atoms with van der Waals surface area (Å²) in [5.74, 6) is -1.02. The molecule has 35 heavy (non-hydrogen) atoms. The van der Waals surface area contributed by atoms with E-state index in [1.165, 1.54) is 4.90 Å². The molecule has 3 atom stereocenters. The normalized spacial score (nSPS) is 16.2. The zero-order chi connectivity index (χ0) is 25.2. The third-order valence-electron chi connectivity index (χ3n) is 6.11. The zero-order valence-electron chi connectivity index (χ0n) is 19.9. The quantitative estimate of drug-likeness (QED) is 0.446. The van der Waals surface area contributed by atoms with E-state index in [0.717, 1.165) is 29.4 Å². The Hall–Kier alpha value is -3.76. The molecule has 1 aliphatic rings. The number of aliphatic hydroxyl groups excluding tert-OH is 1. The SMILES string of the molecule is CCOc1cc([C@@H](C)NC(=O)[C@](C)(O)[C@@H](O)C(=O)N2Cc3cccnc3C2)ccc1-n1cccn1. The van der Waals surface area contributed by atoms with Crippen LogP contribution >= 0.6 is 0 Å². The molecule has 0 saturated heterocycles. The number of aromatic nitrogens is 3. The summed E-state index contributed by atoms with van der Waals surface area (Å²) in [6.07, 6.45) is 3.16. The predicted octanol–water partition coefficient (Wildman–Crippen LogP) is 1.50. The van der Waals surface area contributed by atoms with Crippen molar-refractivity contribution in [2.24, 2.45) is 0 Å². The number of aliphatic hydroxyl groups is 2. The number of nitrogens with one attached hydrogen (secondary N) is 1. The highest BCUT2D eigenvalue weighted by atomic mass is 16.5. The third-order valence-corrected chi connectivity index (χ3v) is 6.11. The van der Waals surface area contributed by atoms with Crippen LogP contribution in [0.3, 0.4) is 0 Å². The maximum Gasteiger partial charge on any atom is 0.255 e. The molecule has 10 heteroatoms. The molecule has 0 fully saturated rings. The van der Waals surface area contributed by atoms with Crippen molar-refractivity contribution in [2.45, 2.75) is 51.6 Å². The van der Waals surface area contributed by atoms with Gasteiger partial charge in [0.25, 0.3) is 11.8 Å². The Morgan fingerprint density at radius 3 is 2.71 bits per heavy atom. The van der Waals surface area contributed by atoms with Gasteiger partial charge in [-0.15, -0.1) is 0 Å². The lowest BCUT2D eigenvalue weighted by Crippen LogP contribution is -2.58. The molecule has 184 valence electrons. The maximum atomic E-state index is 12.9. The van der Waals surface area contributed by atoms with Crippen molar-refractivity contribution in [1.82, 2.24) is 25.0 Å². The highest BCUT2D eigenvalue weighted by Gasteiger charge is 2.45. The number of pyridine rings is 1. The summed E-state index contributed by atoms with van der Waals surface area (Å²) in [4.78, 5) is 31.4. The highest BCUT2D eigenvalue weighted by molar-refractivity contribution is 5.94. The number of fused-ring (bicyclic) bond motifs is 1. The topological polar surface area (TPSA) is 130 Å². The fourth-order valence-corrected chi connectivity index (χ4v) is 3.99. The highest BCUT2D eigenvalue weighted by Crippen LogP contribution is 2.28. The minimum Gasteiger partial charge on any atom is -0.492 e. The Balaban J connectivity index is 1.45. The molecular formula is C25H29N5O5. The monoisotopic (exact) mass is 479 g/mol. The van der Waals surface area contributed by atoms with E-state index in [0.29, 0.717) is 12.4 Å². The lowest BCUT2D eigenvalue weighted by atomic mass is 9.95. The molecule has 2 aromatic heterocycles. The fraction of sp³-hybridized carbons (Fsp3) is 0.360. The minimum atomic E-state index is -2.34. The van der Waals surface area contributed by atoms with Crippen LogP contribution in [0.25, 0.3) is 5.69 Å². The first kappa shape index (κ1) is 24.4. The van der Waals surface area contributed by atoms with Crippen LogP contribution in [0.15, 0.2) is 55.0 Å². The summed E-state index contributed by atoms with van der Waals surface area (Å²) in [6, 6.07) is 10.3. The van der Waals surface area contributed by atoms with Crippen LogP contribution in [-0.4, -0.2) is 60.0 Å². The molecule has 0 radical (unpaired) electrons. The number of carbonyl (C=O) groups excluding carboxylic acids is 2. The Morgan fingerprint density at radius 2 is 2.03 bits per heavy atom. The third kappa shape index (κ3) is 4.89. The number of benzene rings is 1. The number of hydrogen-bond acceptors (Lipinski definition) is 7. The van der Waals surface area contributed by atoms with Gasteiger partial charge < -0.3 is 25.2 Å². The second-order valence-electron chi connectivity index (χ2n) is 8.66. The van der Waals surface area contributed by atoms with Crippen molar-refractivity contribution in [3.8, 4) is 11.4 Å². The molecule has 0 saturated carbocycles. The average Bonchev–Trinajstić information content (AvgIpc) is 3.53. The number of rotatable bonds is 8. The largest absolute Gasteiger partial charge is 0.492 e. The Labute approximate surface area is 203 Å². The molecule has 0 bridgehead atoms. The van der Waals surface area contributed by atoms with E-state index in [-0.39, 0.29) is 13.1 Å². The van der Waals surface area contributed by atoms with Crippen LogP contribution in [0.4, 0.5) is 0 Å². The van der Waals surface area contributed by atoms with Gasteiger partial charge in [0.15, 0.2) is 11.7 Å². The second kappa shape index (κ2) is 9.85. The van der Waals surface area contributed by atoms with Gasteiger partial charge in [-0.25, -0.2) is 4.68 Å². The van der Waals surface area contributed by atoms with Crippen molar-refractivity contribution >= 4 is 11.8 Å². The van der Waals surface area contributed by atoms with Crippen molar-refractivity contribution in [2.75, 3.05) is 6.61 Å². The molecule has 4 rings (SSSR count). The molecule has 1 aromatic carbocycles. The maximum absolute atomic E-state index is 12.9. The van der Waals surface area contributed by atoms with E-state index in [1.807, 2.05) is 25.1 Å². The first-order valence-corrected chi connectivity index (χ1v) is 11.4. The summed E-state index contributed by atoms with van der Waals surface area (Å²) < 4.78 is 7.44. The Morgan fingerprint density at radius 1 is 1.23 bits per heavy atom. The van der Waals surface area contributed by atoms with Crippen molar-refractivity contribution in [3.05, 3.63) is 71.8 Å². The van der Waals surface area contributed by atoms with Gasteiger partial charge >= 0.3 is 0 Å². The Bertz CT molecular complexity index is 1190. The lowest BCUT2D eigenvalue weighted by Gasteiger charge is -2.31. The van der Waals surface area contributed by atoms with Gasteiger partial charge in [-0.2, -0.15) is 5.10 Å². The van der Waals surface area contributed by atoms with Crippen LogP contribution in [0, 0.1) is 0 Å². The van der Waals surface area contributed by atoms with Crippen LogP contribution in [0.5, 0.6) is 5.75 Å². The molecule has 2 amide bonds. The standard InChI is InChI=1S/C25H29N5O5/c1-4-35-21-13-17(8-9-20(21)30-12-6-11-27-30)16(2)28-24(33)25(3,34)22(31)23(32)29-14-18-7-5-10-26-19(18)15-29/h5-13,16,22,31,34H,4,14-15H2,1-3H3,(H,28,33)/t16-,22+,25-/m1/s1. The smallest absolute Gasteiger partial charge is 0.255 e. The van der Waals surface area contributed by atoms with E-state index in [1.54, 1.807) is 48.4 Å². The predicted molar refractivity (Wildman–Crippen MR) is 126 cm³/mol. The van der Waals surface area contributed by atoms with Gasteiger partial charge in [0, 0.05) is 25.1 Å². The molecule has 3 aromatic rings. The molecule has 0 spiro atoms. The van der Waals surface area contributed by atoms with Gasteiger partial charge in [0.1, 0.15) is 11.4 Å². The molecule has 3 heterocycles. The number of ether oxygens (including phenoxy) is 1. The molecule has 10 nitrogen and oxygen atoms in total. The van der Waals surface area contributed by atoms with E-state index in [4.69, 9.17) is 4.74 Å². The second-order valence-corrected chi connectivity index (χ2v) is 8.66. The molecule has 0 aliphatic carbocycles. The van der Waals surface area contributed by atoms with Gasteiger partial charge in [-0.3, -0.25) is 14.6 Å². The Kier molecular flexibility index (Phi) is 6.86. The van der Waals surface area contributed by atoms with Crippen LogP contribution in [-0.2, 0) is 22.7 Å². The zero-order valence-corrected chi connectivity index (χ0v) is 19.9.